The lowest BCUT2D eigenvalue weighted by Crippen LogP contribution is -2.39. The lowest BCUT2D eigenvalue weighted by molar-refractivity contribution is -0.165. The highest BCUT2D eigenvalue weighted by molar-refractivity contribution is 5.89. The lowest BCUT2D eigenvalue weighted by atomic mass is 10.2. The van der Waals surface area contributed by atoms with Crippen LogP contribution in [0.4, 0.5) is 0 Å². The maximum atomic E-state index is 11.9. The van der Waals surface area contributed by atoms with Crippen LogP contribution in [0.5, 0.6) is 0 Å². The smallest absolute Gasteiger partial charge is 0.357 e. The van der Waals surface area contributed by atoms with Crippen molar-refractivity contribution in [3.63, 3.8) is 0 Å². The fraction of sp³-hybridized carbons (Fsp3) is 0.286. The van der Waals surface area contributed by atoms with E-state index in [4.69, 9.17) is 9.57 Å². The molecule has 0 amide bonds. The summed E-state index contributed by atoms with van der Waals surface area (Å²) in [6.07, 6.45) is 3.43. The van der Waals surface area contributed by atoms with E-state index in [0.29, 0.717) is 18.7 Å². The number of hydrogen-bond acceptors (Lipinski definition) is 5. The second-order valence-electron chi connectivity index (χ2n) is 3.97. The minimum absolute atomic E-state index is 0.295. The molecule has 0 aliphatic carbocycles. The summed E-state index contributed by atoms with van der Waals surface area (Å²) in [7, 11) is 0. The zero-order chi connectivity index (χ0) is 13.7. The molecule has 0 N–H and O–H groups in total. The van der Waals surface area contributed by atoms with Gasteiger partial charge in [-0.2, -0.15) is 0 Å². The van der Waals surface area contributed by atoms with Crippen LogP contribution in [0.3, 0.4) is 0 Å². The Labute approximate surface area is 111 Å². The SMILES string of the molecule is CCOC(=O)[C@@H]1C=CCN1OC(=O)c1ccccc1. The fourth-order valence-electron chi connectivity index (χ4n) is 1.75. The van der Waals surface area contributed by atoms with E-state index in [1.807, 2.05) is 6.07 Å². The Morgan fingerprint density at radius 3 is 2.74 bits per heavy atom. The predicted molar refractivity (Wildman–Crippen MR) is 68.1 cm³/mol. The van der Waals surface area contributed by atoms with Crippen molar-refractivity contribution >= 4 is 11.9 Å². The molecule has 0 spiro atoms. The maximum absolute atomic E-state index is 11.9. The number of benzene rings is 1. The van der Waals surface area contributed by atoms with E-state index in [0.717, 1.165) is 0 Å². The first-order chi connectivity index (χ1) is 9.22. The van der Waals surface area contributed by atoms with E-state index in [9.17, 15) is 9.59 Å². The molecule has 0 radical (unpaired) electrons. The zero-order valence-corrected chi connectivity index (χ0v) is 10.6. The van der Waals surface area contributed by atoms with Crippen molar-refractivity contribution in [1.82, 2.24) is 5.06 Å². The summed E-state index contributed by atoms with van der Waals surface area (Å²) in [5.74, 6) is -0.907. The van der Waals surface area contributed by atoms with Gasteiger partial charge in [-0.1, -0.05) is 30.4 Å². The van der Waals surface area contributed by atoms with E-state index < -0.39 is 18.0 Å². The monoisotopic (exact) mass is 261 g/mol. The van der Waals surface area contributed by atoms with Crippen molar-refractivity contribution in [3.8, 4) is 0 Å². The predicted octanol–water partition coefficient (Wildman–Crippen LogP) is 1.56. The molecular weight excluding hydrogens is 246 g/mol. The van der Waals surface area contributed by atoms with Crippen LogP contribution in [0.25, 0.3) is 0 Å². The lowest BCUT2D eigenvalue weighted by Gasteiger charge is -2.21. The molecule has 5 heteroatoms. The Balaban J connectivity index is 1.99. The summed E-state index contributed by atoms with van der Waals surface area (Å²) in [4.78, 5) is 28.8. The van der Waals surface area contributed by atoms with Gasteiger partial charge in [0, 0.05) is 0 Å². The quantitative estimate of drug-likeness (QED) is 0.608. The van der Waals surface area contributed by atoms with Crippen LogP contribution in [0.1, 0.15) is 17.3 Å². The number of nitrogens with zero attached hydrogens (tertiary/aromatic N) is 1. The van der Waals surface area contributed by atoms with Gasteiger partial charge in [0.25, 0.3) is 0 Å². The van der Waals surface area contributed by atoms with Crippen LogP contribution in [0, 0.1) is 0 Å². The molecule has 5 nitrogen and oxygen atoms in total. The largest absolute Gasteiger partial charge is 0.464 e. The van der Waals surface area contributed by atoms with Gasteiger partial charge in [0.1, 0.15) is 0 Å². The molecule has 1 aliphatic rings. The second-order valence-corrected chi connectivity index (χ2v) is 3.97. The summed E-state index contributed by atoms with van der Waals surface area (Å²) in [6.45, 7) is 2.41. The highest BCUT2D eigenvalue weighted by Crippen LogP contribution is 2.14. The zero-order valence-electron chi connectivity index (χ0n) is 10.6. The molecule has 0 bridgehead atoms. The third-order valence-corrected chi connectivity index (χ3v) is 2.65. The average molecular weight is 261 g/mol. The van der Waals surface area contributed by atoms with Crippen molar-refractivity contribution in [3.05, 3.63) is 48.0 Å². The van der Waals surface area contributed by atoms with Gasteiger partial charge in [0.2, 0.25) is 0 Å². The molecule has 0 unspecified atom stereocenters. The minimum atomic E-state index is -0.660. The van der Waals surface area contributed by atoms with Crippen LogP contribution in [0.2, 0.25) is 0 Å². The number of carbonyl (C=O) groups is 2. The van der Waals surface area contributed by atoms with Crippen LogP contribution in [-0.2, 0) is 14.4 Å². The Morgan fingerprint density at radius 2 is 2.05 bits per heavy atom. The van der Waals surface area contributed by atoms with E-state index in [2.05, 4.69) is 0 Å². The second kappa shape index (κ2) is 6.15. The molecule has 2 rings (SSSR count). The number of ether oxygens (including phenoxy) is 1. The number of hydrogen-bond donors (Lipinski definition) is 0. The van der Waals surface area contributed by atoms with E-state index in [-0.39, 0.29) is 0 Å². The normalized spacial score (nSPS) is 18.3. The first kappa shape index (κ1) is 13.3. The number of esters is 1. The highest BCUT2D eigenvalue weighted by Gasteiger charge is 2.31. The van der Waals surface area contributed by atoms with Gasteiger partial charge in [-0.05, 0) is 19.1 Å². The number of rotatable bonds is 4. The van der Waals surface area contributed by atoms with Crippen molar-refractivity contribution in [2.45, 2.75) is 13.0 Å². The summed E-state index contributed by atoms with van der Waals surface area (Å²) in [6, 6.07) is 7.97. The van der Waals surface area contributed by atoms with E-state index >= 15 is 0 Å². The molecule has 1 heterocycles. The maximum Gasteiger partial charge on any atom is 0.357 e. The molecule has 1 aliphatic heterocycles. The third-order valence-electron chi connectivity index (χ3n) is 2.65. The van der Waals surface area contributed by atoms with Gasteiger partial charge in [0.05, 0.1) is 18.7 Å². The summed E-state index contributed by atoms with van der Waals surface area (Å²) < 4.78 is 4.92. The molecular formula is C14H15NO4. The standard InChI is InChI=1S/C14H15NO4/c1-2-18-14(17)12-9-6-10-15(12)19-13(16)11-7-4-3-5-8-11/h3-9,12H,2,10H2,1H3/t12-/m0/s1. The Morgan fingerprint density at radius 1 is 1.32 bits per heavy atom. The van der Waals surface area contributed by atoms with Gasteiger partial charge in [-0.3, -0.25) is 0 Å². The molecule has 19 heavy (non-hydrogen) atoms. The van der Waals surface area contributed by atoms with Gasteiger partial charge in [-0.15, -0.1) is 5.06 Å². The average Bonchev–Trinajstić information content (AvgIpc) is 2.88. The molecule has 1 aromatic carbocycles. The summed E-state index contributed by atoms with van der Waals surface area (Å²) in [5, 5.41) is 1.31. The Kier molecular flexibility index (Phi) is 4.30. The topological polar surface area (TPSA) is 55.8 Å². The molecule has 0 aromatic heterocycles. The van der Waals surface area contributed by atoms with Gasteiger partial charge < -0.3 is 9.57 Å². The molecule has 1 atom stereocenters. The van der Waals surface area contributed by atoms with Crippen molar-refractivity contribution in [2.24, 2.45) is 0 Å². The minimum Gasteiger partial charge on any atom is -0.464 e. The third kappa shape index (κ3) is 3.20. The highest BCUT2D eigenvalue weighted by atomic mass is 16.7. The molecule has 100 valence electrons. The number of hydroxylamine groups is 2. The van der Waals surface area contributed by atoms with Crippen LogP contribution >= 0.6 is 0 Å². The van der Waals surface area contributed by atoms with Crippen LogP contribution in [0.15, 0.2) is 42.5 Å². The van der Waals surface area contributed by atoms with Crippen molar-refractivity contribution < 1.29 is 19.2 Å². The summed E-state index contributed by atoms with van der Waals surface area (Å²) >= 11 is 0. The molecule has 0 fully saturated rings. The van der Waals surface area contributed by atoms with Gasteiger partial charge >= 0.3 is 11.9 Å². The van der Waals surface area contributed by atoms with E-state index in [1.165, 1.54) is 5.06 Å². The van der Waals surface area contributed by atoms with E-state index in [1.54, 1.807) is 43.3 Å². The Bertz CT molecular complexity index is 483. The van der Waals surface area contributed by atoms with Crippen LogP contribution in [-0.4, -0.2) is 36.2 Å². The first-order valence-electron chi connectivity index (χ1n) is 6.09. The summed E-state index contributed by atoms with van der Waals surface area (Å²) in [5.41, 5.74) is 0.442. The van der Waals surface area contributed by atoms with Crippen molar-refractivity contribution in [1.29, 1.82) is 0 Å². The van der Waals surface area contributed by atoms with Gasteiger partial charge in [-0.25, -0.2) is 9.59 Å². The molecule has 0 saturated carbocycles. The van der Waals surface area contributed by atoms with Crippen molar-refractivity contribution in [2.75, 3.05) is 13.2 Å². The molecule has 1 aromatic rings. The first-order valence-corrected chi connectivity index (χ1v) is 6.09. The molecule has 0 saturated heterocycles. The van der Waals surface area contributed by atoms with Gasteiger partial charge in [0.15, 0.2) is 6.04 Å². The van der Waals surface area contributed by atoms with Crippen LogP contribution < -0.4 is 0 Å². The number of carbonyl (C=O) groups excluding carboxylic acids is 2. The fourth-order valence-corrected chi connectivity index (χ4v) is 1.75. The Hall–Kier alpha value is -2.14.